The number of ether oxygens (including phenoxy) is 3. The second kappa shape index (κ2) is 12.2. The number of anilines is 2. The molecule has 1 aliphatic heterocycles. The molecule has 1 amide bonds. The molecule has 0 bridgehead atoms. The molecular formula is C26H28N6O7. The van der Waals surface area contributed by atoms with Crippen LogP contribution in [-0.2, 0) is 19.0 Å². The van der Waals surface area contributed by atoms with Crippen molar-refractivity contribution in [1.82, 2.24) is 20.6 Å². The Morgan fingerprint density at radius 1 is 0.974 bits per heavy atom. The van der Waals surface area contributed by atoms with Crippen molar-refractivity contribution in [3.63, 3.8) is 0 Å². The summed E-state index contributed by atoms with van der Waals surface area (Å²) in [6, 6.07) is 16.7. The first kappa shape index (κ1) is 27.3. The van der Waals surface area contributed by atoms with Gasteiger partial charge in [0.1, 0.15) is 12.7 Å². The van der Waals surface area contributed by atoms with Gasteiger partial charge in [0.15, 0.2) is 6.10 Å². The fourth-order valence-electron chi connectivity index (χ4n) is 3.83. The molecular weight excluding hydrogens is 508 g/mol. The van der Waals surface area contributed by atoms with Gasteiger partial charge < -0.3 is 19.1 Å². The number of nitrogens with zero attached hydrogens (tertiary/aromatic N) is 3. The van der Waals surface area contributed by atoms with Crippen molar-refractivity contribution in [2.45, 2.75) is 25.2 Å². The predicted octanol–water partition coefficient (Wildman–Crippen LogP) is 1.16. The van der Waals surface area contributed by atoms with Gasteiger partial charge in [-0.3, -0.25) is 25.4 Å². The lowest BCUT2D eigenvalue weighted by Gasteiger charge is -2.21. The zero-order chi connectivity index (χ0) is 27.9. The van der Waals surface area contributed by atoms with Gasteiger partial charge in [-0.25, -0.2) is 9.59 Å². The maximum absolute atomic E-state index is 13.1. The molecule has 3 aromatic rings. The highest BCUT2D eigenvalue weighted by molar-refractivity contribution is 5.90. The number of carbonyl (C=O) groups is 3. The number of hydrazine groups is 1. The van der Waals surface area contributed by atoms with Gasteiger partial charge >= 0.3 is 11.9 Å². The van der Waals surface area contributed by atoms with E-state index in [0.717, 1.165) is 0 Å². The van der Waals surface area contributed by atoms with Crippen LogP contribution >= 0.6 is 0 Å². The van der Waals surface area contributed by atoms with Gasteiger partial charge in [-0.05, 0) is 24.3 Å². The minimum absolute atomic E-state index is 0.178. The van der Waals surface area contributed by atoms with E-state index in [9.17, 15) is 19.2 Å². The molecule has 13 heteroatoms. The molecule has 39 heavy (non-hydrogen) atoms. The Bertz CT molecular complexity index is 1370. The predicted molar refractivity (Wildman–Crippen MR) is 139 cm³/mol. The maximum atomic E-state index is 13.1. The molecule has 0 radical (unpaired) electrons. The van der Waals surface area contributed by atoms with Crippen LogP contribution in [0.5, 0.6) is 0 Å². The monoisotopic (exact) mass is 536 g/mol. The molecule has 1 fully saturated rings. The van der Waals surface area contributed by atoms with Crippen molar-refractivity contribution in [1.29, 1.82) is 0 Å². The van der Waals surface area contributed by atoms with E-state index in [2.05, 4.69) is 26.0 Å². The maximum Gasteiger partial charge on any atom is 0.338 e. The number of rotatable bonds is 9. The molecule has 204 valence electrons. The molecule has 1 saturated heterocycles. The molecule has 4 rings (SSSR count). The summed E-state index contributed by atoms with van der Waals surface area (Å²) in [5, 5.41) is 7.62. The number of carbonyl (C=O) groups excluding carboxylic acids is 3. The Morgan fingerprint density at radius 2 is 1.59 bits per heavy atom. The number of hydrogen-bond acceptors (Lipinski definition) is 11. The summed E-state index contributed by atoms with van der Waals surface area (Å²) in [4.78, 5) is 54.7. The van der Waals surface area contributed by atoms with Crippen LogP contribution in [0.3, 0.4) is 0 Å². The Kier molecular flexibility index (Phi) is 8.51. The van der Waals surface area contributed by atoms with Crippen molar-refractivity contribution in [3.8, 4) is 0 Å². The lowest BCUT2D eigenvalue weighted by molar-refractivity contribution is -0.136. The average molecular weight is 537 g/mol. The van der Waals surface area contributed by atoms with Crippen molar-refractivity contribution in [3.05, 3.63) is 82.1 Å². The summed E-state index contributed by atoms with van der Waals surface area (Å²) in [5.41, 5.74) is 4.82. The normalized spacial score (nSPS) is 20.1. The Labute approximate surface area is 223 Å². The lowest BCUT2D eigenvalue weighted by atomic mass is 9.98. The smallest absolute Gasteiger partial charge is 0.338 e. The molecule has 0 aliphatic carbocycles. The van der Waals surface area contributed by atoms with E-state index in [0.29, 0.717) is 11.1 Å². The Morgan fingerprint density at radius 3 is 2.18 bits per heavy atom. The van der Waals surface area contributed by atoms with E-state index in [1.165, 1.54) is 0 Å². The summed E-state index contributed by atoms with van der Waals surface area (Å²) in [6.45, 7) is 1.55. The average Bonchev–Trinajstić information content (AvgIpc) is 3.26. The molecule has 0 spiro atoms. The van der Waals surface area contributed by atoms with Crippen LogP contribution in [0.4, 0.5) is 11.8 Å². The van der Waals surface area contributed by atoms with E-state index in [1.807, 2.05) is 0 Å². The third-order valence-electron chi connectivity index (χ3n) is 6.04. The first-order valence-electron chi connectivity index (χ1n) is 12.1. The van der Waals surface area contributed by atoms with Crippen LogP contribution in [0.25, 0.3) is 0 Å². The molecule has 0 saturated carbocycles. The van der Waals surface area contributed by atoms with Crippen molar-refractivity contribution in [2.75, 3.05) is 31.0 Å². The summed E-state index contributed by atoms with van der Waals surface area (Å²) < 4.78 is 17.0. The number of esters is 2. The van der Waals surface area contributed by atoms with Crippen LogP contribution < -0.4 is 21.3 Å². The minimum Gasteiger partial charge on any atom is -0.459 e. The lowest BCUT2D eigenvalue weighted by Crippen LogP contribution is -2.46. The zero-order valence-corrected chi connectivity index (χ0v) is 21.5. The SMILES string of the molecule is C[C@H]1[C@@H](OC(=O)c2ccccc2)[C@H](C(=O)NNc2nnc(N(C)C)[nH]c2=O)O[C@@H]1COC(=O)c1ccccc1. The first-order valence-corrected chi connectivity index (χ1v) is 12.1. The number of benzene rings is 2. The third-order valence-corrected chi connectivity index (χ3v) is 6.04. The van der Waals surface area contributed by atoms with Crippen LogP contribution in [0.15, 0.2) is 65.5 Å². The second-order valence-corrected chi connectivity index (χ2v) is 8.99. The summed E-state index contributed by atoms with van der Waals surface area (Å²) in [6.07, 6.45) is -3.07. The minimum atomic E-state index is -1.28. The Balaban J connectivity index is 1.47. The number of nitrogens with one attached hydrogen (secondary N) is 3. The number of aromatic amines is 1. The van der Waals surface area contributed by atoms with Gasteiger partial charge in [0.2, 0.25) is 11.8 Å². The fraction of sp³-hybridized carbons (Fsp3) is 0.308. The van der Waals surface area contributed by atoms with Gasteiger partial charge in [-0.2, -0.15) is 0 Å². The molecule has 1 aromatic heterocycles. The van der Waals surface area contributed by atoms with Crippen LogP contribution in [-0.4, -0.2) is 72.0 Å². The van der Waals surface area contributed by atoms with Crippen LogP contribution in [0.2, 0.25) is 0 Å². The number of amides is 1. The van der Waals surface area contributed by atoms with E-state index in [4.69, 9.17) is 14.2 Å². The summed E-state index contributed by atoms with van der Waals surface area (Å²) in [5.74, 6) is -2.50. The van der Waals surface area contributed by atoms with Gasteiger partial charge in [-0.1, -0.05) is 43.3 Å². The van der Waals surface area contributed by atoms with Gasteiger partial charge in [0.25, 0.3) is 11.5 Å². The van der Waals surface area contributed by atoms with Gasteiger partial charge in [0, 0.05) is 20.0 Å². The van der Waals surface area contributed by atoms with E-state index in [1.54, 1.807) is 86.6 Å². The molecule has 2 aromatic carbocycles. The van der Waals surface area contributed by atoms with Crippen molar-refractivity contribution in [2.24, 2.45) is 5.92 Å². The molecule has 0 unspecified atom stereocenters. The number of hydrogen-bond donors (Lipinski definition) is 3. The topological polar surface area (TPSA) is 165 Å². The van der Waals surface area contributed by atoms with Crippen molar-refractivity contribution < 1.29 is 28.6 Å². The third kappa shape index (κ3) is 6.57. The van der Waals surface area contributed by atoms with E-state index >= 15 is 0 Å². The highest BCUT2D eigenvalue weighted by Gasteiger charge is 2.48. The molecule has 2 heterocycles. The Hall–Kier alpha value is -4.78. The fourth-order valence-corrected chi connectivity index (χ4v) is 3.83. The van der Waals surface area contributed by atoms with Gasteiger partial charge in [-0.15, -0.1) is 10.2 Å². The molecule has 3 N–H and O–H groups in total. The van der Waals surface area contributed by atoms with Gasteiger partial charge in [0.05, 0.1) is 17.2 Å². The quantitative estimate of drug-likeness (QED) is 0.265. The van der Waals surface area contributed by atoms with E-state index < -0.39 is 47.6 Å². The highest BCUT2D eigenvalue weighted by Crippen LogP contribution is 2.31. The molecule has 4 atom stereocenters. The van der Waals surface area contributed by atoms with E-state index in [-0.39, 0.29) is 18.4 Å². The standard InChI is InChI=1S/C26H28N6O7/c1-15-18(14-37-24(35)16-10-6-4-7-11-16)38-20(19(15)39-25(36)17-12-8-5-9-13-17)22(33)30-28-21-23(34)27-26(31-29-21)32(2)3/h4-13,15,18-20H,14H2,1-3H3,(H,28,29)(H,30,33)(H,27,31,34)/t15-,18-,19-,20-/m1/s1. The highest BCUT2D eigenvalue weighted by atomic mass is 16.6. The first-order chi connectivity index (χ1) is 18.7. The number of aromatic nitrogens is 3. The molecule has 1 aliphatic rings. The number of H-pyrrole nitrogens is 1. The van der Waals surface area contributed by atoms with Crippen LogP contribution in [0, 0.1) is 5.92 Å². The molecule has 13 nitrogen and oxygen atoms in total. The van der Waals surface area contributed by atoms with Crippen LogP contribution in [0.1, 0.15) is 27.6 Å². The second-order valence-electron chi connectivity index (χ2n) is 8.99. The summed E-state index contributed by atoms with van der Waals surface area (Å²) >= 11 is 0. The largest absolute Gasteiger partial charge is 0.459 e. The van der Waals surface area contributed by atoms with Crippen molar-refractivity contribution >= 4 is 29.6 Å². The zero-order valence-electron chi connectivity index (χ0n) is 21.5. The summed E-state index contributed by atoms with van der Waals surface area (Å²) in [7, 11) is 3.36.